The first kappa shape index (κ1) is 56.9. The van der Waals surface area contributed by atoms with Crippen LogP contribution in [0.25, 0.3) is 0 Å². The number of amides is 2. The van der Waals surface area contributed by atoms with Gasteiger partial charge >= 0.3 is 0 Å². The van der Waals surface area contributed by atoms with E-state index in [4.69, 9.17) is 0 Å². The lowest BCUT2D eigenvalue weighted by Gasteiger charge is -2.35. The van der Waals surface area contributed by atoms with Crippen molar-refractivity contribution in [2.24, 2.45) is 0 Å². The molecule has 1 rings (SSSR count). The summed E-state index contributed by atoms with van der Waals surface area (Å²) in [6, 6.07) is 0. The van der Waals surface area contributed by atoms with Crippen LogP contribution in [0.5, 0.6) is 0 Å². The van der Waals surface area contributed by atoms with Crippen LogP contribution < -0.4 is 0 Å². The van der Waals surface area contributed by atoms with Crippen LogP contribution in [0.3, 0.4) is 0 Å². The fraction of sp³-hybridized carbons (Fsp3) is 0.963. The molecule has 0 bridgehead atoms. The topological polar surface area (TPSA) is 47.1 Å². The van der Waals surface area contributed by atoms with Gasteiger partial charge < -0.3 is 19.6 Å². The molecule has 0 aliphatic carbocycles. The molecule has 0 saturated carbocycles. The summed E-state index contributed by atoms with van der Waals surface area (Å²) >= 11 is 0. The van der Waals surface area contributed by atoms with Gasteiger partial charge in [0, 0.05) is 39.0 Å². The third kappa shape index (κ3) is 35.3. The van der Waals surface area contributed by atoms with E-state index < -0.39 is 0 Å². The highest BCUT2D eigenvalue weighted by molar-refractivity contribution is 5.78. The van der Waals surface area contributed by atoms with Crippen LogP contribution in [0, 0.1) is 0 Å². The number of hydrogen-bond donors (Lipinski definition) is 0. The van der Waals surface area contributed by atoms with Crippen molar-refractivity contribution in [1.82, 2.24) is 19.6 Å². The molecule has 0 atom stereocenters. The van der Waals surface area contributed by atoms with Gasteiger partial charge in [-0.3, -0.25) is 9.59 Å². The van der Waals surface area contributed by atoms with Gasteiger partial charge in [-0.25, -0.2) is 0 Å². The average molecular weight is 845 g/mol. The molecule has 1 saturated heterocycles. The van der Waals surface area contributed by atoms with Gasteiger partial charge in [-0.1, -0.05) is 207 Å². The number of carbonyl (C=O) groups excluding carboxylic acids is 2. The van der Waals surface area contributed by atoms with Gasteiger partial charge in [-0.15, -0.1) is 0 Å². The Morgan fingerprint density at radius 2 is 0.467 bits per heavy atom. The molecule has 1 aliphatic heterocycles. The molecule has 1 fully saturated rings. The van der Waals surface area contributed by atoms with Gasteiger partial charge in [0.05, 0.1) is 0 Å². The Kier molecular flexibility index (Phi) is 42.2. The van der Waals surface area contributed by atoms with E-state index in [9.17, 15) is 9.59 Å². The first-order valence-electron chi connectivity index (χ1n) is 27.6. The second-order valence-corrected chi connectivity index (χ2v) is 19.3. The minimum atomic E-state index is 0.299. The fourth-order valence-electron chi connectivity index (χ4n) is 9.29. The fourth-order valence-corrected chi connectivity index (χ4v) is 9.29. The average Bonchev–Trinajstić information content (AvgIpc) is 3.26. The van der Waals surface area contributed by atoms with Crippen LogP contribution >= 0.6 is 0 Å². The van der Waals surface area contributed by atoms with Crippen molar-refractivity contribution in [3.63, 3.8) is 0 Å². The molecule has 0 aromatic rings. The molecule has 0 unspecified atom stereocenters. The molecule has 0 aromatic carbocycles. The number of carbonyl (C=O) groups is 2. The summed E-state index contributed by atoms with van der Waals surface area (Å²) in [5.74, 6) is 0.598. The first-order chi connectivity index (χ1) is 29.5. The molecule has 0 aromatic heterocycles. The number of hydrogen-bond acceptors (Lipinski definition) is 4. The summed E-state index contributed by atoms with van der Waals surface area (Å²) < 4.78 is 0. The lowest BCUT2D eigenvalue weighted by atomic mass is 10.1. The van der Waals surface area contributed by atoms with Crippen LogP contribution in [0.4, 0.5) is 0 Å². The zero-order chi connectivity index (χ0) is 43.4. The molecule has 6 heteroatoms. The molecule has 0 spiro atoms. The van der Waals surface area contributed by atoms with Gasteiger partial charge in [0.15, 0.2) is 0 Å². The number of rotatable bonds is 46. The van der Waals surface area contributed by atoms with Crippen molar-refractivity contribution >= 4 is 11.8 Å². The van der Waals surface area contributed by atoms with E-state index >= 15 is 0 Å². The molecule has 1 aliphatic rings. The van der Waals surface area contributed by atoms with Crippen molar-refractivity contribution in [2.45, 2.75) is 272 Å². The minimum Gasteiger partial charge on any atom is -0.339 e. The van der Waals surface area contributed by atoms with Crippen LogP contribution in [-0.2, 0) is 9.59 Å². The lowest BCUT2D eigenvalue weighted by molar-refractivity contribution is -0.139. The maximum absolute atomic E-state index is 13.2. The van der Waals surface area contributed by atoms with Gasteiger partial charge in [0.1, 0.15) is 0 Å². The highest BCUT2D eigenvalue weighted by atomic mass is 16.2. The summed E-state index contributed by atoms with van der Waals surface area (Å²) in [7, 11) is 0. The van der Waals surface area contributed by atoms with Crippen molar-refractivity contribution in [3.8, 4) is 0 Å². The predicted molar refractivity (Wildman–Crippen MR) is 264 cm³/mol. The largest absolute Gasteiger partial charge is 0.339 e. The third-order valence-electron chi connectivity index (χ3n) is 13.5. The van der Waals surface area contributed by atoms with E-state index in [0.717, 1.165) is 38.8 Å². The van der Waals surface area contributed by atoms with Gasteiger partial charge in [0.25, 0.3) is 0 Å². The highest BCUT2D eigenvalue weighted by Gasteiger charge is 2.23. The Morgan fingerprint density at radius 3 is 0.683 bits per heavy atom. The van der Waals surface area contributed by atoms with E-state index in [1.165, 1.54) is 232 Å². The second kappa shape index (κ2) is 44.5. The summed E-state index contributed by atoms with van der Waals surface area (Å²) in [6.45, 7) is 19.2. The Balaban J connectivity index is 2.34. The molecular formula is C54H108N4O2. The van der Waals surface area contributed by atoms with E-state index in [1.54, 1.807) is 0 Å². The van der Waals surface area contributed by atoms with Crippen molar-refractivity contribution in [1.29, 1.82) is 0 Å². The summed E-state index contributed by atoms with van der Waals surface area (Å²) in [5.41, 5.74) is 0. The number of nitrogens with zero attached hydrogens (tertiary/aromatic N) is 4. The van der Waals surface area contributed by atoms with E-state index in [2.05, 4.69) is 37.5 Å². The summed E-state index contributed by atoms with van der Waals surface area (Å²) in [5, 5.41) is 0. The maximum Gasteiger partial charge on any atom is 0.222 e. The number of unbranched alkanes of at least 4 members (excludes halogenated alkanes) is 30. The molecule has 1 heterocycles. The zero-order valence-electron chi connectivity index (χ0n) is 41.5. The highest BCUT2D eigenvalue weighted by Crippen LogP contribution is 2.16. The normalized spacial score (nSPS) is 13.4. The van der Waals surface area contributed by atoms with E-state index in [0.29, 0.717) is 50.8 Å². The van der Waals surface area contributed by atoms with Gasteiger partial charge in [0.2, 0.25) is 11.8 Å². The molecular weight excluding hydrogens is 737 g/mol. The van der Waals surface area contributed by atoms with Crippen LogP contribution in [0.2, 0.25) is 0 Å². The monoisotopic (exact) mass is 845 g/mol. The Hall–Kier alpha value is -1.14. The van der Waals surface area contributed by atoms with Crippen LogP contribution in [-0.4, -0.2) is 96.9 Å². The first-order valence-corrected chi connectivity index (χ1v) is 27.6. The molecule has 60 heavy (non-hydrogen) atoms. The molecule has 6 nitrogen and oxygen atoms in total. The second-order valence-electron chi connectivity index (χ2n) is 19.3. The zero-order valence-corrected chi connectivity index (χ0v) is 41.5. The lowest BCUT2D eigenvalue weighted by Crippen LogP contribution is -2.50. The molecule has 0 N–H and O–H groups in total. The Morgan fingerprint density at radius 1 is 0.283 bits per heavy atom. The quantitative estimate of drug-likeness (QED) is 0.0573. The van der Waals surface area contributed by atoms with E-state index in [-0.39, 0.29) is 0 Å². The summed E-state index contributed by atoms with van der Waals surface area (Å²) in [6.07, 6.45) is 49.6. The standard InChI is InChI=1S/C54H108N4O2/c1-5-9-13-17-21-25-29-35-43-55(44-36-30-26-22-18-14-10-6-2)47-39-33-41-53(59)57-49-51-58(52-50-57)54(60)42-34-40-48-56(45-37-31-27-23-19-15-11-7-3)46-38-32-28-24-20-16-12-8-4/h5-52H2,1-4H3. The van der Waals surface area contributed by atoms with Crippen molar-refractivity contribution in [2.75, 3.05) is 65.4 Å². The van der Waals surface area contributed by atoms with Gasteiger partial charge in [-0.05, 0) is 90.6 Å². The maximum atomic E-state index is 13.2. The van der Waals surface area contributed by atoms with E-state index in [1.807, 2.05) is 9.80 Å². The van der Waals surface area contributed by atoms with Crippen LogP contribution in [0.15, 0.2) is 0 Å². The molecule has 356 valence electrons. The minimum absolute atomic E-state index is 0.299. The SMILES string of the molecule is CCCCCCCCCCN(CCCCCCCCCC)CCCCC(=O)N1CCN(C(=O)CCCCN(CCCCCCCCCC)CCCCCCCCCC)CC1. The van der Waals surface area contributed by atoms with Crippen molar-refractivity contribution < 1.29 is 9.59 Å². The summed E-state index contributed by atoms with van der Waals surface area (Å²) in [4.78, 5) is 35.9. The third-order valence-corrected chi connectivity index (χ3v) is 13.5. The molecule has 2 amide bonds. The van der Waals surface area contributed by atoms with Crippen molar-refractivity contribution in [3.05, 3.63) is 0 Å². The van der Waals surface area contributed by atoms with Crippen LogP contribution in [0.1, 0.15) is 272 Å². The molecule has 0 radical (unpaired) electrons. The predicted octanol–water partition coefficient (Wildman–Crippen LogP) is 15.2. The number of piperazine rings is 1. The smallest absolute Gasteiger partial charge is 0.222 e. The van der Waals surface area contributed by atoms with Gasteiger partial charge in [-0.2, -0.15) is 0 Å². The Labute approximate surface area is 376 Å². The Bertz CT molecular complexity index is 794.